The molecule has 0 aliphatic rings. The van der Waals surface area contributed by atoms with Gasteiger partial charge >= 0.3 is 5.97 Å². The molecule has 17 heavy (non-hydrogen) atoms. The van der Waals surface area contributed by atoms with Gasteiger partial charge in [0.2, 0.25) is 0 Å². The fraction of sp³-hybridized carbons (Fsp3) is 0.933. The minimum atomic E-state index is -0.298. The van der Waals surface area contributed by atoms with E-state index in [-0.39, 0.29) is 22.9 Å². The third-order valence-corrected chi connectivity index (χ3v) is 4.86. The maximum absolute atomic E-state index is 12.2. The molecule has 2 heteroatoms. The molecule has 0 saturated carbocycles. The van der Waals surface area contributed by atoms with Gasteiger partial charge in [0.15, 0.2) is 0 Å². The molecule has 0 aliphatic heterocycles. The molecule has 0 saturated heterocycles. The van der Waals surface area contributed by atoms with E-state index in [1.807, 2.05) is 13.8 Å². The minimum absolute atomic E-state index is 0.0325. The quantitative estimate of drug-likeness (QED) is 0.611. The maximum Gasteiger partial charge on any atom is 0.309 e. The molecule has 102 valence electrons. The van der Waals surface area contributed by atoms with Crippen LogP contribution in [-0.4, -0.2) is 11.6 Å². The first-order chi connectivity index (χ1) is 7.78. The van der Waals surface area contributed by atoms with E-state index in [9.17, 15) is 4.79 Å². The highest BCUT2D eigenvalue weighted by Crippen LogP contribution is 2.36. The summed E-state index contributed by atoms with van der Waals surface area (Å²) >= 11 is 0. The van der Waals surface area contributed by atoms with Crippen LogP contribution in [0.4, 0.5) is 0 Å². The Balaban J connectivity index is 4.72. The van der Waals surface area contributed by atoms with Crippen LogP contribution in [0.1, 0.15) is 74.1 Å². The van der Waals surface area contributed by atoms with Gasteiger partial charge in [-0.15, -0.1) is 0 Å². The molecule has 0 heterocycles. The molecule has 0 radical (unpaired) electrons. The van der Waals surface area contributed by atoms with Crippen molar-refractivity contribution in [2.24, 2.45) is 11.3 Å². The monoisotopic (exact) mass is 242 g/mol. The normalized spacial score (nSPS) is 14.5. The Kier molecular flexibility index (Phi) is 6.22. The fourth-order valence-electron chi connectivity index (χ4n) is 1.87. The molecule has 1 atom stereocenters. The summed E-state index contributed by atoms with van der Waals surface area (Å²) in [6.07, 6.45) is 3.76. The highest BCUT2D eigenvalue weighted by molar-refractivity contribution is 5.73. The smallest absolute Gasteiger partial charge is 0.309 e. The van der Waals surface area contributed by atoms with Gasteiger partial charge < -0.3 is 4.74 Å². The van der Waals surface area contributed by atoms with Crippen molar-refractivity contribution in [3.05, 3.63) is 0 Å². The van der Waals surface area contributed by atoms with Crippen LogP contribution in [0, 0.1) is 11.3 Å². The molecule has 0 rings (SSSR count). The van der Waals surface area contributed by atoms with Gasteiger partial charge in [0, 0.05) is 0 Å². The third kappa shape index (κ3) is 4.01. The minimum Gasteiger partial charge on any atom is -0.459 e. The lowest BCUT2D eigenvalue weighted by Crippen LogP contribution is -2.38. The molecule has 0 aliphatic carbocycles. The number of carbonyl (C=O) groups excluding carboxylic acids is 1. The van der Waals surface area contributed by atoms with E-state index in [4.69, 9.17) is 4.74 Å². The van der Waals surface area contributed by atoms with Crippen LogP contribution in [0.15, 0.2) is 0 Å². The molecule has 0 fully saturated rings. The Hall–Kier alpha value is -0.530. The lowest BCUT2D eigenvalue weighted by atomic mass is 9.74. The van der Waals surface area contributed by atoms with E-state index in [0.717, 1.165) is 25.7 Å². The van der Waals surface area contributed by atoms with Crippen LogP contribution >= 0.6 is 0 Å². The molecule has 1 unspecified atom stereocenters. The Bertz CT molecular complexity index is 237. The first kappa shape index (κ1) is 16.5. The largest absolute Gasteiger partial charge is 0.459 e. The highest BCUT2D eigenvalue weighted by Gasteiger charge is 2.36. The lowest BCUT2D eigenvalue weighted by Gasteiger charge is -2.35. The van der Waals surface area contributed by atoms with Gasteiger partial charge in [0.1, 0.15) is 5.60 Å². The number of ether oxygens (including phenoxy) is 1. The zero-order valence-electron chi connectivity index (χ0n) is 12.7. The van der Waals surface area contributed by atoms with Gasteiger partial charge in [-0.3, -0.25) is 4.79 Å². The van der Waals surface area contributed by atoms with Crippen molar-refractivity contribution in [2.45, 2.75) is 79.8 Å². The van der Waals surface area contributed by atoms with Crippen LogP contribution in [0.2, 0.25) is 0 Å². The zero-order valence-corrected chi connectivity index (χ0v) is 12.7. The van der Waals surface area contributed by atoms with Crippen molar-refractivity contribution in [1.82, 2.24) is 0 Å². The Morgan fingerprint density at radius 3 is 1.71 bits per heavy atom. The van der Waals surface area contributed by atoms with Crippen LogP contribution in [0.25, 0.3) is 0 Å². The van der Waals surface area contributed by atoms with Crippen LogP contribution in [0.5, 0.6) is 0 Å². The highest BCUT2D eigenvalue weighted by atomic mass is 16.6. The van der Waals surface area contributed by atoms with Crippen LogP contribution < -0.4 is 0 Å². The SMILES string of the molecule is CCC(C)(CC)OC(=O)C(C)C(C)(CC)CC. The summed E-state index contributed by atoms with van der Waals surface area (Å²) in [5.74, 6) is -0.0719. The van der Waals surface area contributed by atoms with Gasteiger partial charge in [-0.2, -0.15) is 0 Å². The predicted molar refractivity (Wildman–Crippen MR) is 72.9 cm³/mol. The number of rotatable bonds is 7. The summed E-state index contributed by atoms with van der Waals surface area (Å²) in [5, 5.41) is 0. The third-order valence-electron chi connectivity index (χ3n) is 4.86. The Morgan fingerprint density at radius 2 is 1.41 bits per heavy atom. The number of carbonyl (C=O) groups is 1. The molecule has 0 aromatic carbocycles. The molecule has 0 aromatic rings. The van der Waals surface area contributed by atoms with Crippen molar-refractivity contribution in [2.75, 3.05) is 0 Å². The number of hydrogen-bond donors (Lipinski definition) is 0. The van der Waals surface area contributed by atoms with E-state index < -0.39 is 0 Å². The van der Waals surface area contributed by atoms with E-state index in [1.165, 1.54) is 0 Å². The molecule has 0 amide bonds. The lowest BCUT2D eigenvalue weighted by molar-refractivity contribution is -0.168. The molecular weight excluding hydrogens is 212 g/mol. The van der Waals surface area contributed by atoms with Crippen molar-refractivity contribution in [3.8, 4) is 0 Å². The Labute approximate surface area is 107 Å². The number of hydrogen-bond acceptors (Lipinski definition) is 2. The van der Waals surface area contributed by atoms with Crippen LogP contribution in [-0.2, 0) is 9.53 Å². The first-order valence-corrected chi connectivity index (χ1v) is 7.01. The van der Waals surface area contributed by atoms with Crippen molar-refractivity contribution < 1.29 is 9.53 Å². The fourth-order valence-corrected chi connectivity index (χ4v) is 1.87. The Morgan fingerprint density at radius 1 is 1.00 bits per heavy atom. The van der Waals surface area contributed by atoms with Gasteiger partial charge in [-0.05, 0) is 38.0 Å². The zero-order chi connectivity index (χ0) is 13.7. The van der Waals surface area contributed by atoms with Crippen molar-refractivity contribution in [1.29, 1.82) is 0 Å². The predicted octanol–water partition coefficient (Wildman–Crippen LogP) is 4.57. The van der Waals surface area contributed by atoms with Gasteiger partial charge in [-0.25, -0.2) is 0 Å². The summed E-state index contributed by atoms with van der Waals surface area (Å²) in [6, 6.07) is 0. The summed E-state index contributed by atoms with van der Waals surface area (Å²) in [6.45, 7) is 14.6. The van der Waals surface area contributed by atoms with E-state index >= 15 is 0 Å². The summed E-state index contributed by atoms with van der Waals surface area (Å²) in [7, 11) is 0. The maximum atomic E-state index is 12.2. The van der Waals surface area contributed by atoms with Gasteiger partial charge in [-0.1, -0.05) is 41.5 Å². The second-order valence-corrected chi connectivity index (χ2v) is 5.66. The topological polar surface area (TPSA) is 26.3 Å². The molecule has 0 bridgehead atoms. The van der Waals surface area contributed by atoms with E-state index in [1.54, 1.807) is 0 Å². The summed E-state index contributed by atoms with van der Waals surface area (Å²) < 4.78 is 5.71. The first-order valence-electron chi connectivity index (χ1n) is 7.01. The molecule has 0 N–H and O–H groups in total. The van der Waals surface area contributed by atoms with E-state index in [0.29, 0.717) is 0 Å². The summed E-state index contributed by atoms with van der Waals surface area (Å²) in [5.41, 5.74) is -0.243. The standard InChI is InChI=1S/C15H30O2/c1-8-14(6,9-2)12(5)13(16)17-15(7,10-3)11-4/h12H,8-11H2,1-7H3. The molecule has 0 aromatic heterocycles. The van der Waals surface area contributed by atoms with Gasteiger partial charge in [0.25, 0.3) is 0 Å². The molecule has 0 spiro atoms. The van der Waals surface area contributed by atoms with Crippen LogP contribution in [0.3, 0.4) is 0 Å². The molecule has 2 nitrogen and oxygen atoms in total. The average Bonchev–Trinajstić information content (AvgIpc) is 2.36. The number of esters is 1. The van der Waals surface area contributed by atoms with Gasteiger partial charge in [0.05, 0.1) is 5.92 Å². The van der Waals surface area contributed by atoms with Crippen molar-refractivity contribution in [3.63, 3.8) is 0 Å². The second kappa shape index (κ2) is 6.42. The second-order valence-electron chi connectivity index (χ2n) is 5.66. The van der Waals surface area contributed by atoms with E-state index in [2.05, 4.69) is 34.6 Å². The molecular formula is C15H30O2. The summed E-state index contributed by atoms with van der Waals surface area (Å²) in [4.78, 5) is 12.2. The average molecular weight is 242 g/mol. The van der Waals surface area contributed by atoms with Crippen molar-refractivity contribution >= 4 is 5.97 Å².